The number of hydrogen-bond donors (Lipinski definition) is 2. The van der Waals surface area contributed by atoms with Crippen molar-refractivity contribution in [1.82, 2.24) is 9.97 Å². The van der Waals surface area contributed by atoms with E-state index in [0.29, 0.717) is 10.8 Å². The lowest BCUT2D eigenvalue weighted by Gasteiger charge is -2.10. The van der Waals surface area contributed by atoms with E-state index in [-0.39, 0.29) is 5.82 Å². The van der Waals surface area contributed by atoms with Gasteiger partial charge < -0.3 is 15.8 Å². The van der Waals surface area contributed by atoms with Crippen molar-refractivity contribution in [1.29, 1.82) is 0 Å². The molecule has 0 spiro atoms. The van der Waals surface area contributed by atoms with E-state index in [0.717, 1.165) is 15.9 Å². The van der Waals surface area contributed by atoms with Crippen LogP contribution in [0, 0.1) is 0 Å². The molecule has 1 aromatic carbocycles. The van der Waals surface area contributed by atoms with Crippen LogP contribution in [0.3, 0.4) is 0 Å². The highest BCUT2D eigenvalue weighted by Gasteiger charge is 2.08. The number of rotatable bonds is 3. The molecule has 2 aromatic rings. The Morgan fingerprint density at radius 3 is 2.83 bits per heavy atom. The molecular weight excluding hydrogens is 320 g/mol. The molecule has 0 aliphatic heterocycles. The summed E-state index contributed by atoms with van der Waals surface area (Å²) in [5.74, 6) is 1.44. The molecule has 94 valence electrons. The minimum Gasteiger partial charge on any atom is -0.496 e. The van der Waals surface area contributed by atoms with Gasteiger partial charge in [-0.25, -0.2) is 9.97 Å². The standard InChI is InChI=1S/C11H10BrClN4O/c1-18-8-3-2-6(4-7(8)12)17-11-9(13)10(14)15-5-16-11/h2-5H,1H3,(H3,14,15,16,17). The van der Waals surface area contributed by atoms with Crippen LogP contribution in [0.2, 0.25) is 5.02 Å². The van der Waals surface area contributed by atoms with E-state index in [1.807, 2.05) is 18.2 Å². The van der Waals surface area contributed by atoms with Crippen LogP contribution in [0.1, 0.15) is 0 Å². The second-order valence-electron chi connectivity index (χ2n) is 3.40. The van der Waals surface area contributed by atoms with Gasteiger partial charge in [-0.05, 0) is 34.1 Å². The number of nitrogens with two attached hydrogens (primary N) is 1. The van der Waals surface area contributed by atoms with Gasteiger partial charge in [0.15, 0.2) is 5.82 Å². The van der Waals surface area contributed by atoms with E-state index in [9.17, 15) is 0 Å². The predicted octanol–water partition coefficient (Wildman–Crippen LogP) is 3.23. The quantitative estimate of drug-likeness (QED) is 0.904. The fourth-order valence-corrected chi connectivity index (χ4v) is 2.04. The number of benzene rings is 1. The molecule has 2 rings (SSSR count). The summed E-state index contributed by atoms with van der Waals surface area (Å²) < 4.78 is 5.97. The zero-order valence-electron chi connectivity index (χ0n) is 9.45. The SMILES string of the molecule is COc1ccc(Nc2ncnc(N)c2Cl)cc1Br. The van der Waals surface area contributed by atoms with Crippen molar-refractivity contribution < 1.29 is 4.74 Å². The van der Waals surface area contributed by atoms with Gasteiger partial charge in [0.25, 0.3) is 0 Å². The third-order valence-corrected chi connectivity index (χ3v) is 3.22. The van der Waals surface area contributed by atoms with Crippen LogP contribution in [0.4, 0.5) is 17.3 Å². The Labute approximate surface area is 117 Å². The van der Waals surface area contributed by atoms with Gasteiger partial charge in [-0.15, -0.1) is 0 Å². The zero-order valence-corrected chi connectivity index (χ0v) is 11.8. The fourth-order valence-electron chi connectivity index (χ4n) is 1.35. The van der Waals surface area contributed by atoms with Gasteiger partial charge >= 0.3 is 0 Å². The smallest absolute Gasteiger partial charge is 0.154 e. The molecule has 0 aliphatic carbocycles. The van der Waals surface area contributed by atoms with E-state index < -0.39 is 0 Å². The van der Waals surface area contributed by atoms with Crippen LogP contribution in [0.5, 0.6) is 5.75 Å². The molecule has 0 unspecified atom stereocenters. The van der Waals surface area contributed by atoms with Crippen LogP contribution < -0.4 is 15.8 Å². The molecule has 0 saturated carbocycles. The molecule has 0 radical (unpaired) electrons. The topological polar surface area (TPSA) is 73.1 Å². The molecule has 1 heterocycles. The predicted molar refractivity (Wildman–Crippen MR) is 75.4 cm³/mol. The minimum absolute atomic E-state index is 0.238. The third kappa shape index (κ3) is 2.65. The lowest BCUT2D eigenvalue weighted by atomic mass is 10.3. The average Bonchev–Trinajstić information content (AvgIpc) is 2.35. The molecule has 18 heavy (non-hydrogen) atoms. The molecule has 3 N–H and O–H groups in total. The Morgan fingerprint density at radius 1 is 1.39 bits per heavy atom. The molecule has 0 saturated heterocycles. The largest absolute Gasteiger partial charge is 0.496 e. The Bertz CT molecular complexity index is 579. The van der Waals surface area contributed by atoms with Gasteiger partial charge in [0.05, 0.1) is 11.6 Å². The molecule has 0 atom stereocenters. The van der Waals surface area contributed by atoms with E-state index in [1.54, 1.807) is 7.11 Å². The number of nitrogens with one attached hydrogen (secondary N) is 1. The molecule has 0 aliphatic rings. The lowest BCUT2D eigenvalue weighted by molar-refractivity contribution is 0.412. The van der Waals surface area contributed by atoms with Crippen molar-refractivity contribution in [2.45, 2.75) is 0 Å². The number of aromatic nitrogens is 2. The normalized spacial score (nSPS) is 10.2. The van der Waals surface area contributed by atoms with Crippen LogP contribution >= 0.6 is 27.5 Å². The highest BCUT2D eigenvalue weighted by molar-refractivity contribution is 9.10. The van der Waals surface area contributed by atoms with Gasteiger partial charge in [-0.3, -0.25) is 0 Å². The first-order valence-electron chi connectivity index (χ1n) is 4.98. The Balaban J connectivity index is 2.29. The van der Waals surface area contributed by atoms with E-state index in [4.69, 9.17) is 22.1 Å². The summed E-state index contributed by atoms with van der Waals surface area (Å²) in [7, 11) is 1.61. The summed E-state index contributed by atoms with van der Waals surface area (Å²) in [4.78, 5) is 7.82. The van der Waals surface area contributed by atoms with Gasteiger partial charge in [0, 0.05) is 5.69 Å². The Hall–Kier alpha value is -1.53. The van der Waals surface area contributed by atoms with Crippen molar-refractivity contribution in [3.05, 3.63) is 34.0 Å². The molecular formula is C11H10BrClN4O. The first-order chi connectivity index (χ1) is 8.61. The monoisotopic (exact) mass is 328 g/mol. The first-order valence-corrected chi connectivity index (χ1v) is 6.15. The number of anilines is 3. The number of ether oxygens (including phenoxy) is 1. The highest BCUT2D eigenvalue weighted by Crippen LogP contribution is 2.31. The van der Waals surface area contributed by atoms with Crippen molar-refractivity contribution >= 4 is 44.9 Å². The summed E-state index contributed by atoms with van der Waals surface area (Å²) in [5.41, 5.74) is 6.41. The number of hydrogen-bond acceptors (Lipinski definition) is 5. The van der Waals surface area contributed by atoms with E-state index in [1.165, 1.54) is 6.33 Å². The van der Waals surface area contributed by atoms with Crippen molar-refractivity contribution in [3.63, 3.8) is 0 Å². The molecule has 1 aromatic heterocycles. The molecule has 0 bridgehead atoms. The number of methoxy groups -OCH3 is 1. The van der Waals surface area contributed by atoms with Crippen molar-refractivity contribution in [3.8, 4) is 5.75 Å². The van der Waals surface area contributed by atoms with Gasteiger partial charge in [-0.2, -0.15) is 0 Å². The second kappa shape index (κ2) is 5.41. The van der Waals surface area contributed by atoms with Crippen LogP contribution in [0.15, 0.2) is 29.0 Å². The summed E-state index contributed by atoms with van der Waals surface area (Å²) in [6.07, 6.45) is 1.35. The second-order valence-corrected chi connectivity index (χ2v) is 4.63. The summed E-state index contributed by atoms with van der Waals surface area (Å²) in [6.45, 7) is 0. The zero-order chi connectivity index (χ0) is 13.1. The maximum Gasteiger partial charge on any atom is 0.154 e. The maximum absolute atomic E-state index is 5.99. The Kier molecular flexibility index (Phi) is 3.88. The molecule has 7 heteroatoms. The summed E-state index contributed by atoms with van der Waals surface area (Å²) >= 11 is 9.39. The molecule has 0 fully saturated rings. The van der Waals surface area contributed by atoms with E-state index >= 15 is 0 Å². The Morgan fingerprint density at radius 2 is 2.17 bits per heavy atom. The van der Waals surface area contributed by atoms with Crippen LogP contribution in [-0.2, 0) is 0 Å². The minimum atomic E-state index is 0.238. The average molecular weight is 330 g/mol. The van der Waals surface area contributed by atoms with Crippen molar-refractivity contribution in [2.75, 3.05) is 18.2 Å². The van der Waals surface area contributed by atoms with Gasteiger partial charge in [0.2, 0.25) is 0 Å². The number of halogens is 2. The third-order valence-electron chi connectivity index (χ3n) is 2.23. The summed E-state index contributed by atoms with van der Waals surface area (Å²) in [5, 5.41) is 3.35. The maximum atomic E-state index is 5.99. The highest BCUT2D eigenvalue weighted by atomic mass is 79.9. The fraction of sp³-hybridized carbons (Fsp3) is 0.0909. The van der Waals surface area contributed by atoms with Crippen molar-refractivity contribution in [2.24, 2.45) is 0 Å². The lowest BCUT2D eigenvalue weighted by Crippen LogP contribution is -1.99. The van der Waals surface area contributed by atoms with E-state index in [2.05, 4.69) is 31.2 Å². The molecule has 0 amide bonds. The number of nitrogens with zero attached hydrogens (tertiary/aromatic N) is 2. The molecule has 5 nitrogen and oxygen atoms in total. The first kappa shape index (κ1) is 12.9. The van der Waals surface area contributed by atoms with Gasteiger partial charge in [0.1, 0.15) is 22.9 Å². The number of nitrogen functional groups attached to an aromatic ring is 1. The summed E-state index contributed by atoms with van der Waals surface area (Å²) in [6, 6.07) is 5.52. The van der Waals surface area contributed by atoms with Crippen LogP contribution in [-0.4, -0.2) is 17.1 Å². The van der Waals surface area contributed by atoms with Gasteiger partial charge in [-0.1, -0.05) is 11.6 Å². The van der Waals surface area contributed by atoms with Crippen LogP contribution in [0.25, 0.3) is 0 Å².